The second-order valence-corrected chi connectivity index (χ2v) is 8.37. The number of carbonyl (C=O) groups is 1. The molecule has 1 aliphatic rings. The van der Waals surface area contributed by atoms with Crippen LogP contribution in [0, 0.1) is 6.92 Å². The zero-order valence-electron chi connectivity index (χ0n) is 14.1. The van der Waals surface area contributed by atoms with Gasteiger partial charge in [0, 0.05) is 19.3 Å². The molecule has 5 nitrogen and oxygen atoms in total. The summed E-state index contributed by atoms with van der Waals surface area (Å²) in [5, 5.41) is 1.06. The number of piperidine rings is 1. The number of rotatable bonds is 3. The first-order valence-corrected chi connectivity index (χ1v) is 8.52. The van der Waals surface area contributed by atoms with E-state index in [-0.39, 0.29) is 11.7 Å². The molecule has 0 radical (unpaired) electrons. The van der Waals surface area contributed by atoms with Gasteiger partial charge in [-0.25, -0.2) is 9.78 Å². The van der Waals surface area contributed by atoms with Gasteiger partial charge in [-0.15, -0.1) is 11.3 Å². The Balaban J connectivity index is 1.81. The monoisotopic (exact) mass is 326 g/mol. The van der Waals surface area contributed by atoms with Gasteiger partial charge in [0.2, 0.25) is 0 Å². The second kappa shape index (κ2) is 6.54. The minimum atomic E-state index is -0.446. The number of carbonyl (C=O) groups excluding carboxylic acids is 1. The summed E-state index contributed by atoms with van der Waals surface area (Å²) >= 11 is 1.67. The third-order valence-corrected chi connectivity index (χ3v) is 4.59. The van der Waals surface area contributed by atoms with Crippen molar-refractivity contribution < 1.29 is 14.3 Å². The molecule has 0 aliphatic carbocycles. The van der Waals surface area contributed by atoms with Crippen LogP contribution in [0.1, 0.15) is 50.4 Å². The van der Waals surface area contributed by atoms with Gasteiger partial charge in [0.1, 0.15) is 5.60 Å². The average Bonchev–Trinajstić information content (AvgIpc) is 2.81. The lowest BCUT2D eigenvalue weighted by atomic mass is 9.93. The van der Waals surface area contributed by atoms with Gasteiger partial charge in [0.25, 0.3) is 0 Å². The zero-order valence-corrected chi connectivity index (χ0v) is 15.0. The molecule has 0 saturated carbocycles. The Morgan fingerprint density at radius 1 is 1.41 bits per heavy atom. The first kappa shape index (κ1) is 17.2. The van der Waals surface area contributed by atoms with E-state index in [1.165, 1.54) is 0 Å². The molecule has 2 heterocycles. The third kappa shape index (κ3) is 4.95. The number of hydrogen-bond donors (Lipinski definition) is 0. The summed E-state index contributed by atoms with van der Waals surface area (Å²) in [5.74, 6) is 0. The van der Waals surface area contributed by atoms with E-state index in [1.54, 1.807) is 16.2 Å². The molecule has 1 fully saturated rings. The summed E-state index contributed by atoms with van der Waals surface area (Å²) in [6.07, 6.45) is 3.29. The molecule has 0 spiro atoms. The molecule has 0 unspecified atom stereocenters. The van der Waals surface area contributed by atoms with Crippen LogP contribution in [0.5, 0.6) is 0 Å². The maximum absolute atomic E-state index is 12.1. The Labute approximate surface area is 136 Å². The van der Waals surface area contributed by atoms with Crippen LogP contribution < -0.4 is 0 Å². The number of ether oxygens (including phenoxy) is 2. The van der Waals surface area contributed by atoms with Gasteiger partial charge in [-0.2, -0.15) is 0 Å². The van der Waals surface area contributed by atoms with Crippen molar-refractivity contribution in [1.29, 1.82) is 0 Å². The standard InChI is InChI=1S/C16H26N2O3S/c1-12-17-10-13(22-12)11-20-16(5)6-8-18(9-7-16)14(19)21-15(2,3)4/h10H,6-9,11H2,1-5H3. The van der Waals surface area contributed by atoms with Crippen LogP contribution >= 0.6 is 11.3 Å². The highest BCUT2D eigenvalue weighted by atomic mass is 32.1. The van der Waals surface area contributed by atoms with Gasteiger partial charge in [0.15, 0.2) is 0 Å². The average molecular weight is 326 g/mol. The van der Waals surface area contributed by atoms with E-state index in [0.29, 0.717) is 19.7 Å². The van der Waals surface area contributed by atoms with E-state index in [9.17, 15) is 4.79 Å². The fourth-order valence-corrected chi connectivity index (χ4v) is 3.06. The molecule has 1 aliphatic heterocycles. The van der Waals surface area contributed by atoms with Crippen LogP contribution in [0.3, 0.4) is 0 Å². The molecule has 124 valence electrons. The van der Waals surface area contributed by atoms with Gasteiger partial charge >= 0.3 is 6.09 Å². The molecule has 0 aromatic carbocycles. The van der Waals surface area contributed by atoms with Crippen molar-refractivity contribution in [3.8, 4) is 0 Å². The Bertz CT molecular complexity index is 514. The van der Waals surface area contributed by atoms with Crippen molar-refractivity contribution >= 4 is 17.4 Å². The van der Waals surface area contributed by atoms with Crippen LogP contribution in [0.15, 0.2) is 6.20 Å². The largest absolute Gasteiger partial charge is 0.444 e. The van der Waals surface area contributed by atoms with Crippen molar-refractivity contribution in [1.82, 2.24) is 9.88 Å². The van der Waals surface area contributed by atoms with E-state index >= 15 is 0 Å². The summed E-state index contributed by atoms with van der Waals surface area (Å²) in [7, 11) is 0. The van der Waals surface area contributed by atoms with E-state index in [1.807, 2.05) is 33.9 Å². The van der Waals surface area contributed by atoms with Gasteiger partial charge in [-0.05, 0) is 47.5 Å². The zero-order chi connectivity index (χ0) is 16.4. The Kier molecular flexibility index (Phi) is 5.12. The predicted octanol–water partition coefficient (Wildman–Crippen LogP) is 3.76. The topological polar surface area (TPSA) is 51.7 Å². The number of aryl methyl sites for hydroxylation is 1. The van der Waals surface area contributed by atoms with Crippen molar-refractivity contribution in [3.05, 3.63) is 16.1 Å². The van der Waals surface area contributed by atoms with Crippen molar-refractivity contribution in [2.24, 2.45) is 0 Å². The highest BCUT2D eigenvalue weighted by Crippen LogP contribution is 2.28. The maximum atomic E-state index is 12.1. The lowest BCUT2D eigenvalue weighted by molar-refractivity contribution is -0.0804. The summed E-state index contributed by atoms with van der Waals surface area (Å²) in [4.78, 5) is 19.2. The summed E-state index contributed by atoms with van der Waals surface area (Å²) < 4.78 is 11.5. The highest BCUT2D eigenvalue weighted by molar-refractivity contribution is 7.11. The summed E-state index contributed by atoms with van der Waals surface area (Å²) in [6.45, 7) is 11.7. The fraction of sp³-hybridized carbons (Fsp3) is 0.750. The van der Waals surface area contributed by atoms with Gasteiger partial charge in [-0.3, -0.25) is 0 Å². The van der Waals surface area contributed by atoms with Crippen molar-refractivity contribution in [3.63, 3.8) is 0 Å². The maximum Gasteiger partial charge on any atom is 0.410 e. The molecule has 0 N–H and O–H groups in total. The third-order valence-electron chi connectivity index (χ3n) is 3.70. The summed E-state index contributed by atoms with van der Waals surface area (Å²) in [5.41, 5.74) is -0.630. The minimum absolute atomic E-state index is 0.184. The number of aromatic nitrogens is 1. The van der Waals surface area contributed by atoms with Crippen molar-refractivity contribution in [2.75, 3.05) is 13.1 Å². The Hall–Kier alpha value is -1.14. The molecule has 6 heteroatoms. The number of hydrogen-bond acceptors (Lipinski definition) is 5. The Morgan fingerprint density at radius 2 is 2.05 bits per heavy atom. The normalized spacial score (nSPS) is 18.3. The van der Waals surface area contributed by atoms with Gasteiger partial charge in [-0.1, -0.05) is 0 Å². The molecular formula is C16H26N2O3S. The number of likely N-dealkylation sites (tertiary alicyclic amines) is 1. The molecule has 2 rings (SSSR count). The van der Waals surface area contributed by atoms with Gasteiger partial charge < -0.3 is 14.4 Å². The smallest absolute Gasteiger partial charge is 0.410 e. The number of thiazole rings is 1. The molecule has 22 heavy (non-hydrogen) atoms. The van der Waals surface area contributed by atoms with E-state index in [4.69, 9.17) is 9.47 Å². The fourth-order valence-electron chi connectivity index (χ4n) is 2.35. The minimum Gasteiger partial charge on any atom is -0.444 e. The van der Waals surface area contributed by atoms with Crippen LogP contribution in [0.2, 0.25) is 0 Å². The number of nitrogens with zero attached hydrogens (tertiary/aromatic N) is 2. The molecule has 1 amide bonds. The molecule has 1 saturated heterocycles. The van der Waals surface area contributed by atoms with Crippen molar-refractivity contribution in [2.45, 2.75) is 65.3 Å². The lowest BCUT2D eigenvalue weighted by Gasteiger charge is -2.39. The van der Waals surface area contributed by atoms with Crippen LogP contribution in [-0.4, -0.2) is 40.3 Å². The van der Waals surface area contributed by atoms with Crippen LogP contribution in [0.4, 0.5) is 4.79 Å². The van der Waals surface area contributed by atoms with E-state index < -0.39 is 5.60 Å². The van der Waals surface area contributed by atoms with Gasteiger partial charge in [0.05, 0.1) is 22.1 Å². The first-order chi connectivity index (χ1) is 10.2. The summed E-state index contributed by atoms with van der Waals surface area (Å²) in [6, 6.07) is 0. The highest BCUT2D eigenvalue weighted by Gasteiger charge is 2.34. The molecule has 0 atom stereocenters. The molecular weight excluding hydrogens is 300 g/mol. The second-order valence-electron chi connectivity index (χ2n) is 7.05. The lowest BCUT2D eigenvalue weighted by Crippen LogP contribution is -2.47. The van der Waals surface area contributed by atoms with Crippen LogP contribution in [0.25, 0.3) is 0 Å². The van der Waals surface area contributed by atoms with E-state index in [2.05, 4.69) is 11.9 Å². The SMILES string of the molecule is Cc1ncc(COC2(C)CCN(C(=O)OC(C)(C)C)CC2)s1. The molecule has 1 aromatic rings. The molecule has 1 aromatic heterocycles. The molecule has 0 bridgehead atoms. The van der Waals surface area contributed by atoms with Crippen LogP contribution in [-0.2, 0) is 16.1 Å². The van der Waals surface area contributed by atoms with E-state index in [0.717, 1.165) is 22.7 Å². The first-order valence-electron chi connectivity index (χ1n) is 7.70. The quantitative estimate of drug-likeness (QED) is 0.848. The Morgan fingerprint density at radius 3 is 2.55 bits per heavy atom. The number of amides is 1. The predicted molar refractivity (Wildman–Crippen MR) is 87.1 cm³/mol.